The Kier molecular flexibility index (Phi) is 3.97. The predicted molar refractivity (Wildman–Crippen MR) is 84.5 cm³/mol. The van der Waals surface area contributed by atoms with Crippen LogP contribution in [0.4, 0.5) is 0 Å². The van der Waals surface area contributed by atoms with Gasteiger partial charge in [0.05, 0.1) is 0 Å². The van der Waals surface area contributed by atoms with Crippen LogP contribution in [0.15, 0.2) is 72.8 Å². The number of benzene rings is 3. The molecule has 0 aliphatic carbocycles. The minimum absolute atomic E-state index is 0.0821. The summed E-state index contributed by atoms with van der Waals surface area (Å²) in [6, 6.07) is 22.1. The van der Waals surface area contributed by atoms with E-state index in [-0.39, 0.29) is 6.61 Å². The van der Waals surface area contributed by atoms with Crippen molar-refractivity contribution in [2.45, 2.75) is 6.61 Å². The zero-order valence-electron chi connectivity index (χ0n) is 11.9. The van der Waals surface area contributed by atoms with Crippen LogP contribution in [-0.4, -0.2) is 11.8 Å². The fourth-order valence-electron chi connectivity index (χ4n) is 2.33. The number of ketones is 1. The largest absolute Gasteiger partial charge is 0.455 e. The number of fused-ring (bicyclic) bond motifs is 1. The third-order valence-electron chi connectivity index (χ3n) is 3.46. The van der Waals surface area contributed by atoms with Crippen molar-refractivity contribution in [3.63, 3.8) is 0 Å². The Morgan fingerprint density at radius 1 is 0.773 bits per heavy atom. The second-order valence-electron chi connectivity index (χ2n) is 4.91. The Bertz CT molecular complexity index is 817. The van der Waals surface area contributed by atoms with Gasteiger partial charge in [0.1, 0.15) is 6.61 Å². The summed E-state index contributed by atoms with van der Waals surface area (Å²) in [5.74, 6) is -1.46. The maximum Gasteiger partial charge on any atom is 0.380 e. The molecule has 0 aliphatic rings. The molecule has 0 N–H and O–H groups in total. The lowest BCUT2D eigenvalue weighted by molar-refractivity contribution is -0.139. The summed E-state index contributed by atoms with van der Waals surface area (Å²) in [5, 5.41) is 2.09. The van der Waals surface area contributed by atoms with Crippen LogP contribution in [0.5, 0.6) is 0 Å². The number of hydrogen-bond acceptors (Lipinski definition) is 3. The molecule has 0 heterocycles. The molecule has 3 rings (SSSR count). The van der Waals surface area contributed by atoms with Crippen LogP contribution in [0.25, 0.3) is 10.8 Å². The highest BCUT2D eigenvalue weighted by molar-refractivity contribution is 6.40. The molecule has 3 aromatic rings. The molecule has 3 nitrogen and oxygen atoms in total. The van der Waals surface area contributed by atoms with E-state index in [0.717, 1.165) is 16.3 Å². The molecule has 0 saturated carbocycles. The van der Waals surface area contributed by atoms with Crippen LogP contribution in [0.3, 0.4) is 0 Å². The van der Waals surface area contributed by atoms with Crippen LogP contribution in [0.2, 0.25) is 0 Å². The SMILES string of the molecule is O=C(OCc1cccc2ccccc12)C(=O)c1ccccc1. The van der Waals surface area contributed by atoms with Gasteiger partial charge < -0.3 is 4.74 Å². The van der Waals surface area contributed by atoms with Crippen molar-refractivity contribution >= 4 is 22.5 Å². The van der Waals surface area contributed by atoms with Crippen molar-refractivity contribution < 1.29 is 14.3 Å². The minimum Gasteiger partial charge on any atom is -0.455 e. The summed E-state index contributed by atoms with van der Waals surface area (Å²) in [6.07, 6.45) is 0. The Morgan fingerprint density at radius 3 is 2.27 bits per heavy atom. The first kappa shape index (κ1) is 14.0. The molecule has 0 radical (unpaired) electrons. The Labute approximate surface area is 128 Å². The smallest absolute Gasteiger partial charge is 0.380 e. The van der Waals surface area contributed by atoms with Crippen molar-refractivity contribution in [1.29, 1.82) is 0 Å². The maximum atomic E-state index is 12.0. The molecule has 0 aromatic heterocycles. The zero-order chi connectivity index (χ0) is 15.4. The summed E-state index contributed by atoms with van der Waals surface area (Å²) in [4.78, 5) is 23.8. The molecule has 3 aromatic carbocycles. The van der Waals surface area contributed by atoms with Gasteiger partial charge in [-0.05, 0) is 16.3 Å². The topological polar surface area (TPSA) is 43.4 Å². The van der Waals surface area contributed by atoms with Gasteiger partial charge in [0.15, 0.2) is 0 Å². The second-order valence-corrected chi connectivity index (χ2v) is 4.91. The lowest BCUT2D eigenvalue weighted by Gasteiger charge is -2.07. The number of hydrogen-bond donors (Lipinski definition) is 0. The van der Waals surface area contributed by atoms with E-state index in [1.807, 2.05) is 42.5 Å². The van der Waals surface area contributed by atoms with Gasteiger partial charge in [-0.1, -0.05) is 72.8 Å². The Balaban J connectivity index is 1.74. The highest BCUT2D eigenvalue weighted by atomic mass is 16.5. The number of Topliss-reactive ketones (excluding diaryl/α,β-unsaturated/α-hetero) is 1. The van der Waals surface area contributed by atoms with Crippen molar-refractivity contribution in [1.82, 2.24) is 0 Å². The summed E-state index contributed by atoms with van der Waals surface area (Å²) in [6.45, 7) is 0.0821. The Morgan fingerprint density at radius 2 is 1.45 bits per heavy atom. The van der Waals surface area contributed by atoms with Gasteiger partial charge in [-0.2, -0.15) is 0 Å². The van der Waals surface area contributed by atoms with Crippen LogP contribution in [0, 0.1) is 0 Å². The lowest BCUT2D eigenvalue weighted by Crippen LogP contribution is -2.17. The van der Waals surface area contributed by atoms with E-state index in [4.69, 9.17) is 4.74 Å². The molecule has 3 heteroatoms. The van der Waals surface area contributed by atoms with Crippen molar-refractivity contribution in [3.8, 4) is 0 Å². The molecular formula is C19H14O3. The van der Waals surface area contributed by atoms with Crippen LogP contribution >= 0.6 is 0 Å². The number of rotatable bonds is 4. The molecule has 0 bridgehead atoms. The first-order valence-electron chi connectivity index (χ1n) is 6.99. The minimum atomic E-state index is -0.834. The van der Waals surface area contributed by atoms with E-state index < -0.39 is 11.8 Å². The van der Waals surface area contributed by atoms with E-state index in [1.165, 1.54) is 0 Å². The number of carbonyl (C=O) groups excluding carboxylic acids is 2. The van der Waals surface area contributed by atoms with Crippen LogP contribution < -0.4 is 0 Å². The van der Waals surface area contributed by atoms with Crippen LogP contribution in [0.1, 0.15) is 15.9 Å². The molecule has 22 heavy (non-hydrogen) atoms. The summed E-state index contributed by atoms with van der Waals surface area (Å²) in [7, 11) is 0. The summed E-state index contributed by atoms with van der Waals surface area (Å²) < 4.78 is 5.16. The van der Waals surface area contributed by atoms with Gasteiger partial charge in [0.25, 0.3) is 5.78 Å². The molecule has 0 fully saturated rings. The van der Waals surface area contributed by atoms with Crippen molar-refractivity contribution in [3.05, 3.63) is 83.9 Å². The van der Waals surface area contributed by atoms with Crippen molar-refractivity contribution in [2.24, 2.45) is 0 Å². The number of carbonyl (C=O) groups is 2. The molecule has 0 saturated heterocycles. The normalized spacial score (nSPS) is 10.4. The van der Waals surface area contributed by atoms with Gasteiger partial charge in [-0.25, -0.2) is 4.79 Å². The van der Waals surface area contributed by atoms with E-state index in [1.54, 1.807) is 30.3 Å². The van der Waals surface area contributed by atoms with Crippen LogP contribution in [-0.2, 0) is 16.1 Å². The monoisotopic (exact) mass is 290 g/mol. The standard InChI is InChI=1S/C19H14O3/c20-18(15-8-2-1-3-9-15)19(21)22-13-16-11-6-10-14-7-4-5-12-17(14)16/h1-12H,13H2. The average molecular weight is 290 g/mol. The van der Waals surface area contributed by atoms with Gasteiger partial charge in [0, 0.05) is 5.56 Å². The second kappa shape index (κ2) is 6.22. The number of ether oxygens (including phenoxy) is 1. The molecule has 108 valence electrons. The van der Waals surface area contributed by atoms with Gasteiger partial charge in [-0.3, -0.25) is 4.79 Å². The highest BCUT2D eigenvalue weighted by Crippen LogP contribution is 2.19. The van der Waals surface area contributed by atoms with E-state index in [2.05, 4.69) is 0 Å². The van der Waals surface area contributed by atoms with E-state index in [9.17, 15) is 9.59 Å². The third kappa shape index (κ3) is 2.88. The number of esters is 1. The molecule has 0 atom stereocenters. The summed E-state index contributed by atoms with van der Waals surface area (Å²) >= 11 is 0. The lowest BCUT2D eigenvalue weighted by atomic mass is 10.1. The zero-order valence-corrected chi connectivity index (χ0v) is 11.9. The average Bonchev–Trinajstić information content (AvgIpc) is 2.59. The quantitative estimate of drug-likeness (QED) is 0.417. The predicted octanol–water partition coefficient (Wildman–Crippen LogP) is 3.77. The van der Waals surface area contributed by atoms with E-state index >= 15 is 0 Å². The molecule has 0 unspecified atom stereocenters. The van der Waals surface area contributed by atoms with Gasteiger partial charge in [-0.15, -0.1) is 0 Å². The van der Waals surface area contributed by atoms with E-state index in [0.29, 0.717) is 5.56 Å². The van der Waals surface area contributed by atoms with Gasteiger partial charge in [0.2, 0.25) is 0 Å². The fraction of sp³-hybridized carbons (Fsp3) is 0.0526. The fourth-order valence-corrected chi connectivity index (χ4v) is 2.33. The first-order valence-corrected chi connectivity index (χ1v) is 6.99. The molecule has 0 amide bonds. The highest BCUT2D eigenvalue weighted by Gasteiger charge is 2.17. The molecule has 0 aliphatic heterocycles. The van der Waals surface area contributed by atoms with Gasteiger partial charge >= 0.3 is 5.97 Å². The van der Waals surface area contributed by atoms with Crippen molar-refractivity contribution in [2.75, 3.05) is 0 Å². The molecular weight excluding hydrogens is 276 g/mol. The summed E-state index contributed by atoms with van der Waals surface area (Å²) in [5.41, 5.74) is 1.22. The third-order valence-corrected chi connectivity index (χ3v) is 3.46. The Hall–Kier alpha value is -2.94. The molecule has 0 spiro atoms. The maximum absolute atomic E-state index is 12.0. The first-order chi connectivity index (χ1) is 10.8.